The van der Waals surface area contributed by atoms with Crippen LogP contribution in [-0.4, -0.2) is 28.8 Å². The molecule has 0 aromatic heterocycles. The van der Waals surface area contributed by atoms with Crippen molar-refractivity contribution in [2.24, 2.45) is 5.41 Å². The van der Waals surface area contributed by atoms with E-state index in [9.17, 15) is 14.4 Å². The first-order valence-electron chi connectivity index (χ1n) is 7.20. The molecule has 2 fully saturated rings. The number of hydrogen-bond donors (Lipinski definition) is 0. The molecule has 4 amide bonds. The minimum absolute atomic E-state index is 0. The van der Waals surface area contributed by atoms with E-state index in [1.54, 1.807) is 0 Å². The van der Waals surface area contributed by atoms with Gasteiger partial charge < -0.3 is 10.2 Å². The predicted molar refractivity (Wildman–Crippen MR) is 70.5 cm³/mol. The number of barbiturate groups is 1. The van der Waals surface area contributed by atoms with Crippen molar-refractivity contribution in [2.45, 2.75) is 64.8 Å². The van der Waals surface area contributed by atoms with Crippen LogP contribution in [0.3, 0.4) is 0 Å². The minimum Gasteiger partial charge on any atom is -0.378 e. The Bertz CT molecular complexity index is 401. The number of amides is 4. The van der Waals surface area contributed by atoms with Gasteiger partial charge in [0.05, 0.1) is 5.41 Å². The molecule has 0 atom stereocenters. The zero-order valence-electron chi connectivity index (χ0n) is 12.6. The molecule has 106 valence electrons. The SMILES string of the molecule is CCC1(CC)C(=O)[N-]C(=O)N(C2CCCCC2)C1=O.[Na+]. The maximum atomic E-state index is 12.7. The molecule has 1 saturated heterocycles. The fourth-order valence-electron chi connectivity index (χ4n) is 3.17. The molecule has 6 heteroatoms. The monoisotopic (exact) mass is 288 g/mol. The molecular weight excluding hydrogens is 267 g/mol. The summed E-state index contributed by atoms with van der Waals surface area (Å²) in [6, 6.07) is -0.720. The van der Waals surface area contributed by atoms with E-state index in [0.29, 0.717) is 12.8 Å². The zero-order chi connectivity index (χ0) is 14.0. The van der Waals surface area contributed by atoms with E-state index in [0.717, 1.165) is 32.1 Å². The summed E-state index contributed by atoms with van der Waals surface area (Å²) in [4.78, 5) is 37.9. The maximum Gasteiger partial charge on any atom is 1.00 e. The normalized spacial score (nSPS) is 23.3. The fraction of sp³-hybridized carbons (Fsp3) is 0.786. The largest absolute Gasteiger partial charge is 1.00 e. The molecule has 0 aromatic carbocycles. The number of carbonyl (C=O) groups excluding carboxylic acids is 3. The predicted octanol–water partition coefficient (Wildman–Crippen LogP) is -0.00800. The molecule has 1 aliphatic carbocycles. The molecule has 20 heavy (non-hydrogen) atoms. The summed E-state index contributed by atoms with van der Waals surface area (Å²) < 4.78 is 0. The van der Waals surface area contributed by atoms with Crippen LogP contribution in [-0.2, 0) is 9.59 Å². The first kappa shape index (κ1) is 17.7. The van der Waals surface area contributed by atoms with Gasteiger partial charge in [-0.15, -0.1) is 0 Å². The summed E-state index contributed by atoms with van der Waals surface area (Å²) in [5.74, 6) is -0.881. The van der Waals surface area contributed by atoms with Gasteiger partial charge in [-0.1, -0.05) is 46.0 Å². The van der Waals surface area contributed by atoms with Gasteiger partial charge in [0.1, 0.15) is 0 Å². The molecule has 0 aromatic rings. The van der Waals surface area contributed by atoms with Crippen molar-refractivity contribution in [3.8, 4) is 0 Å². The molecule has 1 heterocycles. The van der Waals surface area contributed by atoms with Crippen molar-refractivity contribution in [1.82, 2.24) is 4.90 Å². The molecular formula is C14H21N2NaO3. The van der Waals surface area contributed by atoms with Gasteiger partial charge in [0, 0.05) is 0 Å². The van der Waals surface area contributed by atoms with Crippen LogP contribution in [0.15, 0.2) is 0 Å². The quantitative estimate of drug-likeness (QED) is 0.542. The van der Waals surface area contributed by atoms with Crippen LogP contribution in [0.4, 0.5) is 4.79 Å². The average molecular weight is 288 g/mol. The molecule has 5 nitrogen and oxygen atoms in total. The van der Waals surface area contributed by atoms with E-state index in [4.69, 9.17) is 0 Å². The smallest absolute Gasteiger partial charge is 0.378 e. The molecule has 0 radical (unpaired) electrons. The number of nitrogens with zero attached hydrogens (tertiary/aromatic N) is 2. The van der Waals surface area contributed by atoms with Crippen LogP contribution in [0.5, 0.6) is 0 Å². The van der Waals surface area contributed by atoms with Gasteiger partial charge in [-0.3, -0.25) is 14.4 Å². The first-order chi connectivity index (χ1) is 9.06. The van der Waals surface area contributed by atoms with Gasteiger partial charge in [-0.05, 0) is 18.9 Å². The topological polar surface area (TPSA) is 68.6 Å². The van der Waals surface area contributed by atoms with Crippen LogP contribution in [0.25, 0.3) is 5.32 Å². The van der Waals surface area contributed by atoms with Gasteiger partial charge in [0.15, 0.2) is 17.8 Å². The average Bonchev–Trinajstić information content (AvgIpc) is 2.41. The molecule has 0 bridgehead atoms. The third-order valence-corrected chi connectivity index (χ3v) is 4.59. The van der Waals surface area contributed by atoms with Gasteiger partial charge >= 0.3 is 29.6 Å². The standard InChI is InChI=1S/C14H22N2O3.Na/c1-3-14(4-2)11(17)15-13(19)16(12(14)18)10-8-6-5-7-9-10;/h10H,3-9H2,1-2H3,(H,15,17,19);/q;+1/p-1. The molecule has 2 aliphatic rings. The third-order valence-electron chi connectivity index (χ3n) is 4.59. The summed E-state index contributed by atoms with van der Waals surface area (Å²) in [6.45, 7) is 3.62. The Morgan fingerprint density at radius 2 is 1.65 bits per heavy atom. The van der Waals surface area contributed by atoms with Crippen LogP contribution >= 0.6 is 0 Å². The Hall–Kier alpha value is -0.390. The Morgan fingerprint density at radius 1 is 1.10 bits per heavy atom. The van der Waals surface area contributed by atoms with Crippen LogP contribution < -0.4 is 29.6 Å². The molecule has 2 rings (SSSR count). The zero-order valence-corrected chi connectivity index (χ0v) is 14.6. The number of urea groups is 1. The Morgan fingerprint density at radius 3 is 2.15 bits per heavy atom. The van der Waals surface area contributed by atoms with Crippen molar-refractivity contribution in [2.75, 3.05) is 0 Å². The molecule has 0 spiro atoms. The number of imide groups is 2. The summed E-state index contributed by atoms with van der Waals surface area (Å²) in [6.07, 6.45) is 5.69. The van der Waals surface area contributed by atoms with Crippen molar-refractivity contribution >= 4 is 17.8 Å². The second-order valence-electron chi connectivity index (χ2n) is 5.46. The van der Waals surface area contributed by atoms with E-state index < -0.39 is 17.4 Å². The summed E-state index contributed by atoms with van der Waals surface area (Å²) >= 11 is 0. The summed E-state index contributed by atoms with van der Waals surface area (Å²) in [5, 5.41) is 3.61. The van der Waals surface area contributed by atoms with Crippen molar-refractivity contribution < 1.29 is 43.9 Å². The van der Waals surface area contributed by atoms with E-state index in [2.05, 4.69) is 5.32 Å². The van der Waals surface area contributed by atoms with Gasteiger partial charge in [-0.2, -0.15) is 0 Å². The molecule has 0 unspecified atom stereocenters. The minimum atomic E-state index is -1.11. The third kappa shape index (κ3) is 2.81. The van der Waals surface area contributed by atoms with Crippen molar-refractivity contribution in [3.05, 3.63) is 5.32 Å². The molecule has 0 N–H and O–H groups in total. The maximum absolute atomic E-state index is 12.7. The summed E-state index contributed by atoms with van der Waals surface area (Å²) in [5.41, 5.74) is -1.11. The van der Waals surface area contributed by atoms with Gasteiger partial charge in [-0.25, -0.2) is 0 Å². The second kappa shape index (κ2) is 7.05. The number of hydrogen-bond acceptors (Lipinski definition) is 3. The van der Waals surface area contributed by atoms with Gasteiger partial charge in [0.2, 0.25) is 0 Å². The Labute approximate surface area is 142 Å². The van der Waals surface area contributed by atoms with Crippen molar-refractivity contribution in [3.63, 3.8) is 0 Å². The summed E-state index contributed by atoms with van der Waals surface area (Å²) in [7, 11) is 0. The first-order valence-corrected chi connectivity index (χ1v) is 7.20. The van der Waals surface area contributed by atoms with Crippen LogP contribution in [0, 0.1) is 5.41 Å². The van der Waals surface area contributed by atoms with Crippen molar-refractivity contribution in [1.29, 1.82) is 0 Å². The number of carbonyl (C=O) groups is 3. The molecule has 1 aliphatic heterocycles. The van der Waals surface area contributed by atoms with E-state index >= 15 is 0 Å². The van der Waals surface area contributed by atoms with E-state index in [1.807, 2.05) is 13.8 Å². The molecule has 1 saturated carbocycles. The Balaban J connectivity index is 0.00000200. The Kier molecular flexibility index (Phi) is 6.23. The van der Waals surface area contributed by atoms with Gasteiger partial charge in [0.25, 0.3) is 0 Å². The van der Waals surface area contributed by atoms with E-state index in [1.165, 1.54) is 4.90 Å². The number of rotatable bonds is 3. The second-order valence-corrected chi connectivity index (χ2v) is 5.46. The van der Waals surface area contributed by atoms with Crippen LogP contribution in [0.1, 0.15) is 58.8 Å². The van der Waals surface area contributed by atoms with Crippen LogP contribution in [0.2, 0.25) is 0 Å². The van der Waals surface area contributed by atoms with E-state index in [-0.39, 0.29) is 41.5 Å². The fourth-order valence-corrected chi connectivity index (χ4v) is 3.17.